The Balaban J connectivity index is 1.48. The second-order valence-corrected chi connectivity index (χ2v) is 8.94. The van der Waals surface area contributed by atoms with E-state index in [4.69, 9.17) is 9.72 Å². The second-order valence-electron chi connectivity index (χ2n) is 8.94. The first-order chi connectivity index (χ1) is 17.5. The summed E-state index contributed by atoms with van der Waals surface area (Å²) in [5.74, 6) is 0.382. The van der Waals surface area contributed by atoms with Crippen LogP contribution in [0.25, 0.3) is 10.8 Å². The monoisotopic (exact) mass is 486 g/mol. The highest BCUT2D eigenvalue weighted by Gasteiger charge is 2.33. The topological polar surface area (TPSA) is 85.6 Å². The maximum absolute atomic E-state index is 14.4. The Morgan fingerprint density at radius 3 is 2.75 bits per heavy atom. The molecule has 1 aromatic heterocycles. The number of fused-ring (bicyclic) bond motifs is 2. The minimum atomic E-state index is -0.253. The van der Waals surface area contributed by atoms with Crippen molar-refractivity contribution in [2.75, 3.05) is 43.1 Å². The number of benzene rings is 2. The number of hydrogen-bond acceptors (Lipinski definition) is 7. The number of aromatic nitrogens is 2. The summed E-state index contributed by atoms with van der Waals surface area (Å²) in [6, 6.07) is 13.0. The Morgan fingerprint density at radius 2 is 2.00 bits per heavy atom. The minimum absolute atomic E-state index is 0.167. The van der Waals surface area contributed by atoms with Gasteiger partial charge in [0.15, 0.2) is 0 Å². The van der Waals surface area contributed by atoms with Gasteiger partial charge in [-0.05, 0) is 24.6 Å². The van der Waals surface area contributed by atoms with E-state index in [1.54, 1.807) is 18.1 Å². The first-order valence-electron chi connectivity index (χ1n) is 11.9. The number of rotatable bonds is 5. The van der Waals surface area contributed by atoms with Gasteiger partial charge in [-0.2, -0.15) is 15.2 Å². The zero-order valence-electron chi connectivity index (χ0n) is 20.2. The van der Waals surface area contributed by atoms with E-state index in [0.29, 0.717) is 38.0 Å². The van der Waals surface area contributed by atoms with Crippen molar-refractivity contribution < 1.29 is 13.9 Å². The number of anilines is 2. The lowest BCUT2D eigenvalue weighted by Crippen LogP contribution is -2.55. The highest BCUT2D eigenvalue weighted by molar-refractivity contribution is 5.94. The number of halogens is 1. The maximum atomic E-state index is 14.4. The number of ether oxygens (including phenoxy) is 1. The Bertz CT molecular complexity index is 1370. The fourth-order valence-electron chi connectivity index (χ4n) is 5.20. The third-order valence-corrected chi connectivity index (χ3v) is 6.96. The summed E-state index contributed by atoms with van der Waals surface area (Å²) in [7, 11) is 1.54. The van der Waals surface area contributed by atoms with Crippen molar-refractivity contribution in [3.63, 3.8) is 0 Å². The van der Waals surface area contributed by atoms with Gasteiger partial charge in [0.1, 0.15) is 11.6 Å². The molecular formula is C27H27FN6O2. The second kappa shape index (κ2) is 9.82. The van der Waals surface area contributed by atoms with Crippen LogP contribution in [0, 0.1) is 17.1 Å². The normalized spacial score (nSPS) is 17.5. The van der Waals surface area contributed by atoms with Crippen LogP contribution in [-0.4, -0.2) is 60.1 Å². The van der Waals surface area contributed by atoms with Crippen molar-refractivity contribution in [3.8, 4) is 12.1 Å². The number of piperazine rings is 1. The molecule has 2 aliphatic heterocycles. The van der Waals surface area contributed by atoms with Crippen molar-refractivity contribution in [2.45, 2.75) is 25.4 Å². The molecule has 2 aliphatic rings. The Morgan fingerprint density at radius 1 is 1.19 bits per heavy atom. The Kier molecular flexibility index (Phi) is 6.42. The fourth-order valence-corrected chi connectivity index (χ4v) is 5.20. The SMILES string of the molecule is C=CC(=O)N1CCN(c2nc(OC)nc3c2CCN(c2ccc(F)c4ccccc24)C3)CC1CC#N. The molecule has 1 atom stereocenters. The molecule has 184 valence electrons. The van der Waals surface area contributed by atoms with Crippen LogP contribution in [0.5, 0.6) is 6.01 Å². The van der Waals surface area contributed by atoms with E-state index in [2.05, 4.69) is 27.4 Å². The van der Waals surface area contributed by atoms with Crippen molar-refractivity contribution in [1.29, 1.82) is 5.26 Å². The third-order valence-electron chi connectivity index (χ3n) is 6.96. The van der Waals surface area contributed by atoms with Crippen molar-refractivity contribution in [3.05, 3.63) is 66.1 Å². The molecule has 3 heterocycles. The number of carbonyl (C=O) groups is 1. The first kappa shape index (κ1) is 23.5. The molecule has 3 aromatic rings. The van der Waals surface area contributed by atoms with Crippen LogP contribution in [0.2, 0.25) is 0 Å². The quantitative estimate of drug-likeness (QED) is 0.511. The summed E-state index contributed by atoms with van der Waals surface area (Å²) < 4.78 is 19.8. The number of nitriles is 1. The van der Waals surface area contributed by atoms with Crippen molar-refractivity contribution in [1.82, 2.24) is 14.9 Å². The van der Waals surface area contributed by atoms with Crippen molar-refractivity contribution in [2.24, 2.45) is 0 Å². The number of methoxy groups -OCH3 is 1. The van der Waals surface area contributed by atoms with Crippen LogP contribution < -0.4 is 14.5 Å². The standard InChI is InChI=1S/C27H27FN6O2/c1-3-25(35)34-15-14-33(16-18(34)10-12-29)26-21-11-13-32(17-23(21)30-27(31-26)36-2)24-9-8-22(28)19-6-4-5-7-20(19)24/h3-9,18H,1,10-11,13-17H2,2H3. The average molecular weight is 487 g/mol. The maximum Gasteiger partial charge on any atom is 0.318 e. The summed E-state index contributed by atoms with van der Waals surface area (Å²) in [6.45, 7) is 6.41. The van der Waals surface area contributed by atoms with Crippen LogP contribution in [0.1, 0.15) is 17.7 Å². The van der Waals surface area contributed by atoms with Gasteiger partial charge in [-0.15, -0.1) is 0 Å². The summed E-state index contributed by atoms with van der Waals surface area (Å²) in [6.07, 6.45) is 2.23. The van der Waals surface area contributed by atoms with E-state index in [0.717, 1.165) is 34.7 Å². The molecule has 8 nitrogen and oxygen atoms in total. The van der Waals surface area contributed by atoms with Gasteiger partial charge >= 0.3 is 6.01 Å². The zero-order chi connectivity index (χ0) is 25.2. The molecule has 2 aromatic carbocycles. The molecule has 1 saturated heterocycles. The average Bonchev–Trinajstić information content (AvgIpc) is 2.92. The molecule has 9 heteroatoms. The van der Waals surface area contributed by atoms with Crippen LogP contribution >= 0.6 is 0 Å². The highest BCUT2D eigenvalue weighted by Crippen LogP contribution is 2.35. The number of hydrogen-bond donors (Lipinski definition) is 0. The van der Waals surface area contributed by atoms with Gasteiger partial charge in [0.2, 0.25) is 5.91 Å². The van der Waals surface area contributed by atoms with Gasteiger partial charge in [-0.25, -0.2) is 4.39 Å². The zero-order valence-corrected chi connectivity index (χ0v) is 20.2. The summed E-state index contributed by atoms with van der Waals surface area (Å²) in [5, 5.41) is 10.8. The molecule has 1 fully saturated rings. The molecule has 1 unspecified atom stereocenters. The smallest absolute Gasteiger partial charge is 0.318 e. The summed E-state index contributed by atoms with van der Waals surface area (Å²) in [4.78, 5) is 27.7. The van der Waals surface area contributed by atoms with Gasteiger partial charge in [-0.1, -0.05) is 30.8 Å². The van der Waals surface area contributed by atoms with Crippen LogP contribution in [-0.2, 0) is 17.8 Å². The molecule has 1 amide bonds. The van der Waals surface area contributed by atoms with Crippen LogP contribution in [0.15, 0.2) is 49.1 Å². The lowest BCUT2D eigenvalue weighted by atomic mass is 10.0. The van der Waals surface area contributed by atoms with Gasteiger partial charge < -0.3 is 19.4 Å². The molecule has 5 rings (SSSR count). The lowest BCUT2D eigenvalue weighted by Gasteiger charge is -2.42. The minimum Gasteiger partial charge on any atom is -0.467 e. The molecule has 0 radical (unpaired) electrons. The molecular weight excluding hydrogens is 459 g/mol. The molecule has 0 aliphatic carbocycles. The van der Waals surface area contributed by atoms with E-state index >= 15 is 0 Å². The number of amides is 1. The van der Waals surface area contributed by atoms with E-state index < -0.39 is 0 Å². The van der Waals surface area contributed by atoms with Gasteiger partial charge in [0, 0.05) is 48.2 Å². The van der Waals surface area contributed by atoms with Crippen LogP contribution in [0.4, 0.5) is 15.9 Å². The van der Waals surface area contributed by atoms with Gasteiger partial charge in [-0.3, -0.25) is 4.79 Å². The van der Waals surface area contributed by atoms with E-state index in [-0.39, 0.29) is 30.2 Å². The largest absolute Gasteiger partial charge is 0.467 e. The van der Waals surface area contributed by atoms with Crippen molar-refractivity contribution >= 4 is 28.2 Å². The molecule has 0 N–H and O–H groups in total. The third kappa shape index (κ3) is 4.19. The fraction of sp³-hybridized carbons (Fsp3) is 0.333. The van der Waals surface area contributed by atoms with Gasteiger partial charge in [0.05, 0.1) is 37.9 Å². The Labute approximate surface area is 209 Å². The summed E-state index contributed by atoms with van der Waals surface area (Å²) >= 11 is 0. The molecule has 0 spiro atoms. The van der Waals surface area contributed by atoms with Gasteiger partial charge in [0.25, 0.3) is 0 Å². The Hall–Kier alpha value is -4.19. The van der Waals surface area contributed by atoms with E-state index in [1.807, 2.05) is 24.3 Å². The predicted octanol–water partition coefficient (Wildman–Crippen LogP) is 3.46. The van der Waals surface area contributed by atoms with Crippen LogP contribution in [0.3, 0.4) is 0 Å². The summed E-state index contributed by atoms with van der Waals surface area (Å²) in [5.41, 5.74) is 2.86. The van der Waals surface area contributed by atoms with E-state index in [1.165, 1.54) is 12.1 Å². The number of nitrogens with zero attached hydrogens (tertiary/aromatic N) is 6. The first-order valence-corrected chi connectivity index (χ1v) is 11.9. The molecule has 0 saturated carbocycles. The highest BCUT2D eigenvalue weighted by atomic mass is 19.1. The lowest BCUT2D eigenvalue weighted by molar-refractivity contribution is -0.128. The number of carbonyl (C=O) groups excluding carboxylic acids is 1. The van der Waals surface area contributed by atoms with E-state index in [9.17, 15) is 14.4 Å². The predicted molar refractivity (Wildman–Crippen MR) is 135 cm³/mol. The molecule has 36 heavy (non-hydrogen) atoms. The molecule has 0 bridgehead atoms.